The smallest absolute Gasteiger partial charge is 0.167 e. The molecule has 2 aliphatic rings. The Bertz CT molecular complexity index is 571. The summed E-state index contributed by atoms with van der Waals surface area (Å²) < 4.78 is 13.3. The molecule has 2 bridgehead atoms. The number of ether oxygens (including phenoxy) is 2. The molecule has 1 aromatic rings. The minimum absolute atomic E-state index is 0.0234. The highest BCUT2D eigenvalue weighted by Crippen LogP contribution is 2.53. The minimum Gasteiger partial charge on any atom is -0.370 e. The van der Waals surface area contributed by atoms with Crippen molar-refractivity contribution in [2.75, 3.05) is 0 Å². The third-order valence-corrected chi connectivity index (χ3v) is 5.67. The van der Waals surface area contributed by atoms with E-state index in [0.717, 1.165) is 10.0 Å². The van der Waals surface area contributed by atoms with Crippen LogP contribution >= 0.6 is 15.9 Å². The molecule has 3 nitrogen and oxygen atoms in total. The fourth-order valence-corrected chi connectivity index (χ4v) is 3.92. The van der Waals surface area contributed by atoms with Crippen LogP contribution in [0.5, 0.6) is 0 Å². The molecule has 0 spiro atoms. The zero-order valence-corrected chi connectivity index (χ0v) is 14.3. The fourth-order valence-electron chi connectivity index (χ4n) is 3.52. The van der Waals surface area contributed by atoms with E-state index < -0.39 is 11.2 Å². The van der Waals surface area contributed by atoms with Gasteiger partial charge in [-0.2, -0.15) is 0 Å². The summed E-state index contributed by atoms with van der Waals surface area (Å²) in [6.07, 6.45) is 1.11. The van der Waals surface area contributed by atoms with Gasteiger partial charge in [-0.05, 0) is 24.5 Å². The van der Waals surface area contributed by atoms with Gasteiger partial charge in [0.25, 0.3) is 0 Å². The molecule has 0 N–H and O–H groups in total. The highest BCUT2D eigenvalue weighted by molar-refractivity contribution is 9.10. The first-order valence-corrected chi connectivity index (χ1v) is 8.25. The van der Waals surface area contributed by atoms with E-state index in [9.17, 15) is 4.79 Å². The summed E-state index contributed by atoms with van der Waals surface area (Å²) in [6.45, 7) is 6.65. The Hall–Kier alpha value is -0.710. The van der Waals surface area contributed by atoms with E-state index in [2.05, 4.69) is 29.8 Å². The van der Waals surface area contributed by atoms with Crippen LogP contribution < -0.4 is 0 Å². The molecule has 0 amide bonds. The highest BCUT2D eigenvalue weighted by atomic mass is 79.9. The Morgan fingerprint density at radius 3 is 2.76 bits per heavy atom. The van der Waals surface area contributed by atoms with E-state index in [4.69, 9.17) is 9.47 Å². The average Bonchev–Trinajstić information content (AvgIpc) is 2.86. The molecule has 3 rings (SSSR count). The SMILES string of the molecule is CC(C)[C@]12C[C@@H](OCc3ccccc3Br)[C@](C)(CC1=O)O2. The molecule has 2 fully saturated rings. The van der Waals surface area contributed by atoms with Crippen LogP contribution in [-0.4, -0.2) is 23.1 Å². The zero-order chi connectivity index (χ0) is 15.3. The van der Waals surface area contributed by atoms with E-state index in [1.807, 2.05) is 31.2 Å². The normalized spacial score (nSPS) is 34.9. The van der Waals surface area contributed by atoms with Crippen LogP contribution in [0.25, 0.3) is 0 Å². The number of fused-ring (bicyclic) bond motifs is 2. The van der Waals surface area contributed by atoms with Crippen LogP contribution in [0.2, 0.25) is 0 Å². The third kappa shape index (κ3) is 2.37. The summed E-state index contributed by atoms with van der Waals surface area (Å²) in [5.41, 5.74) is 0.0180. The number of ketones is 1. The lowest BCUT2D eigenvalue weighted by Crippen LogP contribution is -2.44. The zero-order valence-electron chi connectivity index (χ0n) is 12.7. The Morgan fingerprint density at radius 2 is 2.14 bits per heavy atom. The van der Waals surface area contributed by atoms with Gasteiger partial charge in [0.1, 0.15) is 5.60 Å². The lowest BCUT2D eigenvalue weighted by atomic mass is 9.74. The van der Waals surface area contributed by atoms with E-state index in [-0.39, 0.29) is 17.8 Å². The van der Waals surface area contributed by atoms with Gasteiger partial charge < -0.3 is 9.47 Å². The first-order chi connectivity index (χ1) is 9.87. The second-order valence-electron chi connectivity index (χ2n) is 6.65. The standard InChI is InChI=1S/C17H21BrO3/c1-11(2)17-9-15(16(3,21-17)8-14(17)19)20-10-12-6-4-5-7-13(12)18/h4-7,11,15H,8-10H2,1-3H3/t15-,16+,17-/m1/s1. The molecular weight excluding hydrogens is 332 g/mol. The summed E-state index contributed by atoms with van der Waals surface area (Å²) >= 11 is 3.54. The van der Waals surface area contributed by atoms with Crippen molar-refractivity contribution in [3.8, 4) is 0 Å². The summed E-state index contributed by atoms with van der Waals surface area (Å²) in [7, 11) is 0. The molecule has 2 saturated heterocycles. The molecule has 1 aromatic carbocycles. The molecule has 0 radical (unpaired) electrons. The van der Waals surface area contributed by atoms with Gasteiger partial charge in [0, 0.05) is 17.3 Å². The van der Waals surface area contributed by atoms with Gasteiger partial charge in [-0.3, -0.25) is 4.79 Å². The Kier molecular flexibility index (Phi) is 3.75. The van der Waals surface area contributed by atoms with E-state index >= 15 is 0 Å². The molecule has 4 heteroatoms. The van der Waals surface area contributed by atoms with Gasteiger partial charge in [0.05, 0.1) is 18.3 Å². The minimum atomic E-state index is -0.632. The van der Waals surface area contributed by atoms with Crippen LogP contribution in [0.15, 0.2) is 28.7 Å². The van der Waals surface area contributed by atoms with Crippen molar-refractivity contribution in [1.29, 1.82) is 0 Å². The van der Waals surface area contributed by atoms with Crippen LogP contribution in [0.3, 0.4) is 0 Å². The van der Waals surface area contributed by atoms with Crippen molar-refractivity contribution in [2.45, 2.75) is 57.5 Å². The molecule has 0 aliphatic carbocycles. The number of rotatable bonds is 4. The average molecular weight is 353 g/mol. The maximum Gasteiger partial charge on any atom is 0.167 e. The molecule has 21 heavy (non-hydrogen) atoms. The number of benzene rings is 1. The molecule has 2 aliphatic heterocycles. The molecule has 3 atom stereocenters. The predicted octanol–water partition coefficient (Wildman–Crippen LogP) is 3.88. The lowest BCUT2D eigenvalue weighted by molar-refractivity contribution is -0.136. The molecule has 0 aromatic heterocycles. The summed E-state index contributed by atoms with van der Waals surface area (Å²) in [5, 5.41) is 0. The second kappa shape index (κ2) is 5.18. The van der Waals surface area contributed by atoms with Gasteiger partial charge >= 0.3 is 0 Å². The van der Waals surface area contributed by atoms with E-state index in [1.54, 1.807) is 0 Å². The van der Waals surface area contributed by atoms with Crippen molar-refractivity contribution < 1.29 is 14.3 Å². The van der Waals surface area contributed by atoms with Gasteiger partial charge in [-0.25, -0.2) is 0 Å². The van der Waals surface area contributed by atoms with Crippen molar-refractivity contribution in [3.63, 3.8) is 0 Å². The van der Waals surface area contributed by atoms with Crippen LogP contribution in [0, 0.1) is 5.92 Å². The van der Waals surface area contributed by atoms with Crippen molar-refractivity contribution >= 4 is 21.7 Å². The summed E-state index contributed by atoms with van der Waals surface area (Å²) in [4.78, 5) is 12.3. The van der Waals surface area contributed by atoms with E-state index in [0.29, 0.717) is 19.4 Å². The van der Waals surface area contributed by atoms with Gasteiger partial charge in [-0.1, -0.05) is 48.0 Å². The van der Waals surface area contributed by atoms with Crippen molar-refractivity contribution in [1.82, 2.24) is 0 Å². The monoisotopic (exact) mass is 352 g/mol. The Morgan fingerprint density at radius 1 is 1.43 bits per heavy atom. The number of hydrogen-bond donors (Lipinski definition) is 0. The maximum atomic E-state index is 12.3. The van der Waals surface area contributed by atoms with Crippen LogP contribution in [0.4, 0.5) is 0 Å². The topological polar surface area (TPSA) is 35.5 Å². The van der Waals surface area contributed by atoms with Gasteiger partial charge in [0.2, 0.25) is 0 Å². The summed E-state index contributed by atoms with van der Waals surface area (Å²) in [6, 6.07) is 8.05. The highest BCUT2D eigenvalue weighted by Gasteiger charge is 2.65. The van der Waals surface area contributed by atoms with Gasteiger partial charge in [0.15, 0.2) is 5.78 Å². The number of carbonyl (C=O) groups excluding carboxylic acids is 1. The number of halogens is 1. The molecule has 114 valence electrons. The third-order valence-electron chi connectivity index (χ3n) is 4.90. The van der Waals surface area contributed by atoms with Crippen LogP contribution in [0.1, 0.15) is 39.2 Å². The Balaban J connectivity index is 1.74. The number of hydrogen-bond acceptors (Lipinski definition) is 3. The fraction of sp³-hybridized carbons (Fsp3) is 0.588. The lowest BCUT2D eigenvalue weighted by Gasteiger charge is -2.30. The maximum absolute atomic E-state index is 12.3. The molecule has 2 heterocycles. The van der Waals surface area contributed by atoms with E-state index in [1.165, 1.54) is 0 Å². The molecular formula is C17H21BrO3. The molecule has 0 unspecified atom stereocenters. The number of Topliss-reactive ketones (excluding diaryl/α,β-unsaturated/α-hetero) is 1. The quantitative estimate of drug-likeness (QED) is 0.824. The largest absolute Gasteiger partial charge is 0.370 e. The first-order valence-electron chi connectivity index (χ1n) is 7.46. The van der Waals surface area contributed by atoms with Crippen molar-refractivity contribution in [2.24, 2.45) is 5.92 Å². The predicted molar refractivity (Wildman–Crippen MR) is 84.0 cm³/mol. The van der Waals surface area contributed by atoms with Gasteiger partial charge in [-0.15, -0.1) is 0 Å². The molecule has 0 saturated carbocycles. The van der Waals surface area contributed by atoms with Crippen molar-refractivity contribution in [3.05, 3.63) is 34.3 Å². The van der Waals surface area contributed by atoms with Crippen LogP contribution in [-0.2, 0) is 20.9 Å². The number of carbonyl (C=O) groups is 1. The Labute approximate surface area is 134 Å². The first kappa shape index (κ1) is 15.2. The summed E-state index contributed by atoms with van der Waals surface area (Å²) in [5.74, 6) is 0.421. The second-order valence-corrected chi connectivity index (χ2v) is 7.51.